The maximum Gasteiger partial charge on any atom is 0.212 e. The monoisotopic (exact) mass is 326 g/mol. The zero-order valence-corrected chi connectivity index (χ0v) is 14.1. The first kappa shape index (κ1) is 14.2. The first-order chi connectivity index (χ1) is 10.9. The third-order valence-corrected chi connectivity index (χ3v) is 5.06. The highest BCUT2D eigenvalue weighted by Crippen LogP contribution is 2.34. The van der Waals surface area contributed by atoms with Crippen molar-refractivity contribution >= 4 is 34.3 Å². The molecule has 0 radical (unpaired) electrons. The molecule has 3 heterocycles. The highest BCUT2D eigenvalue weighted by Gasteiger charge is 2.28. The summed E-state index contributed by atoms with van der Waals surface area (Å²) in [5, 5.41) is 6.19. The Kier molecular flexibility index (Phi) is 2.96. The van der Waals surface area contributed by atoms with Gasteiger partial charge in [0, 0.05) is 10.8 Å². The fraction of sp³-hybridized carbons (Fsp3) is 0.312. The summed E-state index contributed by atoms with van der Waals surface area (Å²) in [6.07, 6.45) is -0.286. The Morgan fingerprint density at radius 3 is 2.74 bits per heavy atom. The molecule has 6 nitrogen and oxygen atoms in total. The minimum absolute atomic E-state index is 0.0188. The molecule has 1 aliphatic rings. The lowest BCUT2D eigenvalue weighted by atomic mass is 9.98. The van der Waals surface area contributed by atoms with Crippen molar-refractivity contribution in [3.63, 3.8) is 0 Å². The molecule has 1 aromatic carbocycles. The predicted molar refractivity (Wildman–Crippen MR) is 93.9 cm³/mol. The Morgan fingerprint density at radius 1 is 1.22 bits per heavy atom. The Labute approximate surface area is 138 Å². The molecule has 0 spiro atoms. The van der Waals surface area contributed by atoms with Gasteiger partial charge in [-0.15, -0.1) is 11.3 Å². The number of anilines is 1. The van der Waals surface area contributed by atoms with Crippen LogP contribution in [0.3, 0.4) is 0 Å². The first-order valence-electron chi connectivity index (χ1n) is 7.46. The minimum atomic E-state index is -0.286. The number of nitrogens with one attached hydrogen (secondary N) is 1. The molecule has 0 saturated heterocycles. The van der Waals surface area contributed by atoms with Crippen molar-refractivity contribution in [2.45, 2.75) is 32.4 Å². The molecule has 0 saturated carbocycles. The van der Waals surface area contributed by atoms with Gasteiger partial charge in [0.1, 0.15) is 0 Å². The fourth-order valence-electron chi connectivity index (χ4n) is 2.66. The zero-order valence-electron chi connectivity index (χ0n) is 13.2. The van der Waals surface area contributed by atoms with E-state index in [1.165, 1.54) is 0 Å². The summed E-state index contributed by atoms with van der Waals surface area (Å²) in [4.78, 5) is 14.0. The number of benzene rings is 1. The number of nitrogens with two attached hydrogens (primary N) is 1. The summed E-state index contributed by atoms with van der Waals surface area (Å²) in [6, 6.07) is 7.99. The summed E-state index contributed by atoms with van der Waals surface area (Å²) < 4.78 is 2.05. The number of thiazole rings is 1. The number of hydrogen-bond donors (Lipinski definition) is 2. The Bertz CT molecular complexity index is 914. The van der Waals surface area contributed by atoms with Crippen LogP contribution in [0, 0.1) is 0 Å². The standard InChI is InChI=1S/C16H18N6S/c1-16(2,3)13-18-10(8-23-13)12-20-14(17)21-15-19-9-6-4-5-7-11(9)22(12)15/h4-8,12H,1-3H3,(H3,17,19,20,21). The van der Waals surface area contributed by atoms with E-state index >= 15 is 0 Å². The molecule has 0 amide bonds. The number of para-hydroxylation sites is 2. The number of imidazole rings is 1. The van der Waals surface area contributed by atoms with Crippen molar-refractivity contribution in [1.29, 1.82) is 0 Å². The van der Waals surface area contributed by atoms with E-state index < -0.39 is 0 Å². The number of guanidine groups is 1. The van der Waals surface area contributed by atoms with Crippen LogP contribution >= 0.6 is 11.3 Å². The number of rotatable bonds is 1. The lowest BCUT2D eigenvalue weighted by Gasteiger charge is -2.22. The van der Waals surface area contributed by atoms with E-state index in [-0.39, 0.29) is 11.6 Å². The predicted octanol–water partition coefficient (Wildman–Crippen LogP) is 3.08. The molecule has 118 valence electrons. The van der Waals surface area contributed by atoms with Crippen LogP contribution in [-0.4, -0.2) is 20.5 Å². The van der Waals surface area contributed by atoms with Gasteiger partial charge in [0.2, 0.25) is 5.95 Å². The minimum Gasteiger partial charge on any atom is -0.370 e. The van der Waals surface area contributed by atoms with Gasteiger partial charge in [-0.25, -0.2) is 15.0 Å². The molecular weight excluding hydrogens is 308 g/mol. The summed E-state index contributed by atoms with van der Waals surface area (Å²) >= 11 is 1.66. The highest BCUT2D eigenvalue weighted by molar-refractivity contribution is 7.09. The van der Waals surface area contributed by atoms with Gasteiger partial charge in [-0.3, -0.25) is 9.88 Å². The second-order valence-corrected chi connectivity index (χ2v) is 7.49. The van der Waals surface area contributed by atoms with Gasteiger partial charge in [0.15, 0.2) is 12.1 Å². The molecule has 0 aliphatic carbocycles. The summed E-state index contributed by atoms with van der Waals surface area (Å²) in [5.74, 6) is 1.07. The SMILES string of the molecule is CC(C)(C)c1nc(C2N=C(N)Nc3nc4ccccc4n32)cs1. The van der Waals surface area contributed by atoms with Crippen molar-refractivity contribution in [3.05, 3.63) is 40.3 Å². The van der Waals surface area contributed by atoms with Crippen molar-refractivity contribution in [1.82, 2.24) is 14.5 Å². The second kappa shape index (κ2) is 4.79. The second-order valence-electron chi connectivity index (χ2n) is 6.63. The van der Waals surface area contributed by atoms with Crippen LogP contribution in [0.4, 0.5) is 5.95 Å². The zero-order chi connectivity index (χ0) is 16.2. The van der Waals surface area contributed by atoms with E-state index in [1.807, 2.05) is 28.8 Å². The van der Waals surface area contributed by atoms with Gasteiger partial charge < -0.3 is 5.73 Å². The first-order valence-corrected chi connectivity index (χ1v) is 8.34. The summed E-state index contributed by atoms with van der Waals surface area (Å²) in [5.41, 5.74) is 8.80. The largest absolute Gasteiger partial charge is 0.370 e. The van der Waals surface area contributed by atoms with Crippen LogP contribution in [0.5, 0.6) is 0 Å². The Morgan fingerprint density at radius 2 is 2.00 bits per heavy atom. The Hall–Kier alpha value is -2.41. The molecule has 3 N–H and O–H groups in total. The maximum atomic E-state index is 5.95. The number of nitrogens with zero attached hydrogens (tertiary/aromatic N) is 4. The Balaban J connectivity index is 1.89. The van der Waals surface area contributed by atoms with E-state index in [4.69, 9.17) is 10.7 Å². The molecule has 7 heteroatoms. The van der Waals surface area contributed by atoms with Crippen molar-refractivity contribution in [2.24, 2.45) is 10.7 Å². The molecule has 1 aliphatic heterocycles. The van der Waals surface area contributed by atoms with Crippen LogP contribution in [-0.2, 0) is 5.41 Å². The number of aromatic nitrogens is 3. The molecular formula is C16H18N6S. The molecule has 0 bridgehead atoms. The van der Waals surface area contributed by atoms with Gasteiger partial charge in [-0.1, -0.05) is 32.9 Å². The van der Waals surface area contributed by atoms with Gasteiger partial charge >= 0.3 is 0 Å². The molecule has 1 atom stereocenters. The normalized spacial score (nSPS) is 17.7. The summed E-state index contributed by atoms with van der Waals surface area (Å²) in [7, 11) is 0. The van der Waals surface area contributed by atoms with Crippen molar-refractivity contribution in [3.8, 4) is 0 Å². The fourth-order valence-corrected chi connectivity index (χ4v) is 3.58. The van der Waals surface area contributed by atoms with Crippen molar-refractivity contribution in [2.75, 3.05) is 5.32 Å². The highest BCUT2D eigenvalue weighted by atomic mass is 32.1. The quantitative estimate of drug-likeness (QED) is 0.720. The topological polar surface area (TPSA) is 81.1 Å². The van der Waals surface area contributed by atoms with Crippen LogP contribution in [0.1, 0.15) is 37.6 Å². The third-order valence-electron chi connectivity index (χ3n) is 3.77. The van der Waals surface area contributed by atoms with Crippen molar-refractivity contribution < 1.29 is 0 Å². The van der Waals surface area contributed by atoms with E-state index in [2.05, 4.69) is 41.4 Å². The molecule has 2 aromatic heterocycles. The van der Waals surface area contributed by atoms with Crippen LogP contribution < -0.4 is 11.1 Å². The van der Waals surface area contributed by atoms with Gasteiger partial charge in [-0.05, 0) is 12.1 Å². The van der Waals surface area contributed by atoms with Gasteiger partial charge in [-0.2, -0.15) is 0 Å². The van der Waals surface area contributed by atoms with Gasteiger partial charge in [0.25, 0.3) is 0 Å². The molecule has 3 aromatic rings. The van der Waals surface area contributed by atoms with E-state index in [1.54, 1.807) is 11.3 Å². The molecule has 4 rings (SSSR count). The molecule has 1 unspecified atom stereocenters. The average molecular weight is 326 g/mol. The lowest BCUT2D eigenvalue weighted by molar-refractivity contribution is 0.567. The lowest BCUT2D eigenvalue weighted by Crippen LogP contribution is -2.31. The number of fused-ring (bicyclic) bond motifs is 3. The smallest absolute Gasteiger partial charge is 0.212 e. The number of hydrogen-bond acceptors (Lipinski definition) is 6. The molecule has 23 heavy (non-hydrogen) atoms. The number of aliphatic imine (C=N–C) groups is 1. The van der Waals surface area contributed by atoms with Crippen LogP contribution in [0.2, 0.25) is 0 Å². The van der Waals surface area contributed by atoms with E-state index in [0.29, 0.717) is 11.9 Å². The molecule has 0 fully saturated rings. The van der Waals surface area contributed by atoms with E-state index in [0.717, 1.165) is 21.7 Å². The summed E-state index contributed by atoms with van der Waals surface area (Å²) in [6.45, 7) is 6.48. The van der Waals surface area contributed by atoms with Crippen LogP contribution in [0.25, 0.3) is 11.0 Å². The van der Waals surface area contributed by atoms with E-state index in [9.17, 15) is 0 Å². The third kappa shape index (κ3) is 2.28. The maximum absolute atomic E-state index is 5.95. The average Bonchev–Trinajstić information content (AvgIpc) is 3.10. The van der Waals surface area contributed by atoms with Gasteiger partial charge in [0.05, 0.1) is 21.7 Å². The van der Waals surface area contributed by atoms with Crippen LogP contribution in [0.15, 0.2) is 34.6 Å².